The number of rotatable bonds is 8. The molecule has 4 nitrogen and oxygen atoms in total. The van der Waals surface area contributed by atoms with Crippen molar-refractivity contribution in [3.63, 3.8) is 0 Å². The first-order valence-corrected chi connectivity index (χ1v) is 10.1. The minimum absolute atomic E-state index is 0.0804. The standard InChI is InChI=1S/C9H15NO2.C8H14OS3/c1-7(2)9(3,10-4)6-5-8(11)12;1-6(2)12-8(10)11-5-4-7(3)9/h7H,5-6H2,1-3H3,(H,11,12);6H,4-5H2,1-3H3. The lowest BCUT2D eigenvalue weighted by atomic mass is 9.85. The number of carbonyl (C=O) groups excluding carboxylic acids is 1. The molecule has 0 bridgehead atoms. The molecule has 0 aliphatic rings. The summed E-state index contributed by atoms with van der Waals surface area (Å²) in [5, 5.41) is 9.00. The molecule has 0 heterocycles. The topological polar surface area (TPSA) is 58.7 Å². The first-order valence-electron chi connectivity index (χ1n) is 7.87. The summed E-state index contributed by atoms with van der Waals surface area (Å²) >= 11 is 8.39. The highest BCUT2D eigenvalue weighted by Gasteiger charge is 2.34. The number of Topliss-reactive ketones (excluding diaryl/α,β-unsaturated/α-hetero) is 1. The van der Waals surface area contributed by atoms with Crippen molar-refractivity contribution in [2.75, 3.05) is 5.75 Å². The number of carboxylic acid groups (broad SMARTS) is 1. The van der Waals surface area contributed by atoms with Gasteiger partial charge in [0, 0.05) is 36.7 Å². The maximum Gasteiger partial charge on any atom is 0.303 e. The Bertz CT molecular complexity index is 458. The predicted molar refractivity (Wildman–Crippen MR) is 110 cm³/mol. The van der Waals surface area contributed by atoms with Crippen LogP contribution in [0.15, 0.2) is 0 Å². The van der Waals surface area contributed by atoms with Gasteiger partial charge in [0.1, 0.15) is 9.31 Å². The summed E-state index contributed by atoms with van der Waals surface area (Å²) in [6.07, 6.45) is 1.14. The second-order valence-electron chi connectivity index (χ2n) is 6.23. The number of nitrogens with zero attached hydrogens (tertiary/aromatic N) is 1. The molecule has 0 fully saturated rings. The molecule has 24 heavy (non-hydrogen) atoms. The molecule has 0 aromatic heterocycles. The summed E-state index contributed by atoms with van der Waals surface area (Å²) in [6.45, 7) is 18.5. The molecule has 0 aromatic rings. The molecule has 0 rings (SSSR count). The van der Waals surface area contributed by atoms with Crippen LogP contribution in [-0.4, -0.2) is 36.9 Å². The molecule has 1 N–H and O–H groups in total. The Morgan fingerprint density at radius 1 is 1.25 bits per heavy atom. The van der Waals surface area contributed by atoms with Crippen LogP contribution in [0, 0.1) is 12.5 Å². The Balaban J connectivity index is 0. The molecule has 7 heteroatoms. The normalized spacial score (nSPS) is 12.8. The molecule has 0 saturated carbocycles. The zero-order valence-corrected chi connectivity index (χ0v) is 17.9. The van der Waals surface area contributed by atoms with E-state index < -0.39 is 11.5 Å². The molecule has 0 spiro atoms. The smallest absolute Gasteiger partial charge is 0.303 e. The van der Waals surface area contributed by atoms with Crippen LogP contribution >= 0.6 is 35.7 Å². The number of hydrogen-bond donors (Lipinski definition) is 1. The highest BCUT2D eigenvalue weighted by Crippen LogP contribution is 2.26. The van der Waals surface area contributed by atoms with E-state index in [1.54, 1.807) is 30.4 Å². The van der Waals surface area contributed by atoms with E-state index in [-0.39, 0.29) is 18.1 Å². The third kappa shape index (κ3) is 15.0. The van der Waals surface area contributed by atoms with Gasteiger partial charge in [0.05, 0.1) is 6.42 Å². The van der Waals surface area contributed by atoms with E-state index in [0.717, 1.165) is 9.28 Å². The SMILES string of the molecule is CC(=O)CCSC(=S)SC(C)C.[C-]#[N+]C(C)(CCC(=O)O)C(C)C. The first kappa shape index (κ1) is 25.7. The molecule has 0 aliphatic heterocycles. The molecule has 0 amide bonds. The predicted octanol–water partition coefficient (Wildman–Crippen LogP) is 5.31. The van der Waals surface area contributed by atoms with Gasteiger partial charge < -0.3 is 9.95 Å². The summed E-state index contributed by atoms with van der Waals surface area (Å²) in [5.41, 5.74) is -0.515. The lowest BCUT2D eigenvalue weighted by Crippen LogP contribution is -2.27. The van der Waals surface area contributed by atoms with Crippen LogP contribution in [0.1, 0.15) is 60.8 Å². The van der Waals surface area contributed by atoms with Gasteiger partial charge in [0.15, 0.2) is 0 Å². The van der Waals surface area contributed by atoms with Crippen molar-refractivity contribution in [3.8, 4) is 0 Å². The van der Waals surface area contributed by atoms with Crippen molar-refractivity contribution in [1.29, 1.82) is 0 Å². The minimum Gasteiger partial charge on any atom is -0.481 e. The van der Waals surface area contributed by atoms with E-state index in [4.69, 9.17) is 23.9 Å². The van der Waals surface area contributed by atoms with E-state index in [1.165, 1.54) is 0 Å². The van der Waals surface area contributed by atoms with Gasteiger partial charge >= 0.3 is 5.97 Å². The van der Waals surface area contributed by atoms with Crippen LogP contribution in [0.4, 0.5) is 0 Å². The van der Waals surface area contributed by atoms with E-state index >= 15 is 0 Å². The minimum atomic E-state index is -0.828. The second kappa shape index (κ2) is 13.7. The molecule has 1 atom stereocenters. The zero-order valence-electron chi connectivity index (χ0n) is 15.4. The van der Waals surface area contributed by atoms with Crippen molar-refractivity contribution < 1.29 is 14.7 Å². The van der Waals surface area contributed by atoms with Crippen LogP contribution < -0.4 is 0 Å². The van der Waals surface area contributed by atoms with Crippen molar-refractivity contribution in [2.45, 2.75) is 71.6 Å². The second-order valence-corrected chi connectivity index (χ2v) is 10.1. The third-order valence-electron chi connectivity index (χ3n) is 3.35. The van der Waals surface area contributed by atoms with Crippen LogP contribution in [-0.2, 0) is 9.59 Å². The summed E-state index contributed by atoms with van der Waals surface area (Å²) in [7, 11) is 0. The molecule has 138 valence electrons. The van der Waals surface area contributed by atoms with Crippen molar-refractivity contribution in [3.05, 3.63) is 11.4 Å². The van der Waals surface area contributed by atoms with Gasteiger partial charge in [-0.2, -0.15) is 0 Å². The molecular formula is C17H29NO3S3. The number of carbonyl (C=O) groups is 2. The van der Waals surface area contributed by atoms with Gasteiger partial charge in [-0.15, -0.1) is 23.5 Å². The monoisotopic (exact) mass is 391 g/mol. The lowest BCUT2D eigenvalue weighted by Gasteiger charge is -2.19. The van der Waals surface area contributed by atoms with Gasteiger partial charge in [0.2, 0.25) is 5.54 Å². The number of thiocarbonyl (C=S) groups is 1. The van der Waals surface area contributed by atoms with Gasteiger partial charge in [-0.1, -0.05) is 39.9 Å². The van der Waals surface area contributed by atoms with E-state index in [9.17, 15) is 9.59 Å². The fraction of sp³-hybridized carbons (Fsp3) is 0.765. The number of aliphatic carboxylic acids is 1. The van der Waals surface area contributed by atoms with Crippen LogP contribution in [0.3, 0.4) is 0 Å². The van der Waals surface area contributed by atoms with Gasteiger partial charge in [-0.25, -0.2) is 6.57 Å². The largest absolute Gasteiger partial charge is 0.481 e. The molecule has 0 radical (unpaired) electrons. The fourth-order valence-corrected chi connectivity index (χ4v) is 4.21. The number of carboxylic acids is 1. The third-order valence-corrected chi connectivity index (χ3v) is 5.94. The van der Waals surface area contributed by atoms with Crippen LogP contribution in [0.2, 0.25) is 0 Å². The van der Waals surface area contributed by atoms with Crippen LogP contribution in [0.25, 0.3) is 4.85 Å². The fourth-order valence-electron chi connectivity index (χ4n) is 1.34. The quantitative estimate of drug-likeness (QED) is 0.447. The summed E-state index contributed by atoms with van der Waals surface area (Å²) < 4.78 is 0.950. The molecule has 0 saturated heterocycles. The average molecular weight is 392 g/mol. The Labute approximate surface area is 160 Å². The van der Waals surface area contributed by atoms with Gasteiger partial charge in [-0.05, 0) is 6.92 Å². The molecular weight excluding hydrogens is 362 g/mol. The molecule has 1 unspecified atom stereocenters. The van der Waals surface area contributed by atoms with Crippen molar-refractivity contribution >= 4 is 51.0 Å². The average Bonchev–Trinajstić information content (AvgIpc) is 2.43. The summed E-state index contributed by atoms with van der Waals surface area (Å²) in [4.78, 5) is 24.3. The number of hydrogen-bond acceptors (Lipinski definition) is 5. The Hall–Kier alpha value is -0.580. The van der Waals surface area contributed by atoms with E-state index in [2.05, 4.69) is 18.7 Å². The van der Waals surface area contributed by atoms with Crippen molar-refractivity contribution in [2.24, 2.45) is 5.92 Å². The van der Waals surface area contributed by atoms with E-state index in [0.29, 0.717) is 18.1 Å². The van der Waals surface area contributed by atoms with Crippen molar-refractivity contribution in [1.82, 2.24) is 0 Å². The summed E-state index contributed by atoms with van der Waals surface area (Å²) in [5.74, 6) is 0.438. The molecule has 0 aromatic carbocycles. The van der Waals surface area contributed by atoms with Gasteiger partial charge in [0.25, 0.3) is 0 Å². The Morgan fingerprint density at radius 3 is 2.12 bits per heavy atom. The number of ketones is 1. The number of thioether (sulfide) groups is 2. The first-order chi connectivity index (χ1) is 10.9. The maximum absolute atomic E-state index is 10.6. The van der Waals surface area contributed by atoms with E-state index in [1.807, 2.05) is 20.8 Å². The summed E-state index contributed by atoms with van der Waals surface area (Å²) in [6, 6.07) is 0. The highest BCUT2D eigenvalue weighted by molar-refractivity contribution is 8.47. The Kier molecular flexibility index (Phi) is 14.6. The molecule has 0 aliphatic carbocycles. The lowest BCUT2D eigenvalue weighted by molar-refractivity contribution is -0.137. The Morgan fingerprint density at radius 2 is 1.79 bits per heavy atom. The van der Waals surface area contributed by atoms with Crippen LogP contribution in [0.5, 0.6) is 0 Å². The van der Waals surface area contributed by atoms with Gasteiger partial charge in [-0.3, -0.25) is 9.59 Å². The highest BCUT2D eigenvalue weighted by atomic mass is 32.2. The maximum atomic E-state index is 10.6. The zero-order chi connectivity index (χ0) is 19.3.